The fraction of sp³-hybridized carbons (Fsp3) is 0.526. The fourth-order valence-corrected chi connectivity index (χ4v) is 3.50. The van der Waals surface area contributed by atoms with Crippen LogP contribution in [0.1, 0.15) is 48.5 Å². The number of benzene rings is 1. The van der Waals surface area contributed by atoms with Gasteiger partial charge in [0, 0.05) is 30.3 Å². The number of furan rings is 1. The molecule has 0 radical (unpaired) electrons. The molecule has 0 bridgehead atoms. The smallest absolute Gasteiger partial charge is 0.225 e. The maximum absolute atomic E-state index is 12.1. The van der Waals surface area contributed by atoms with E-state index in [2.05, 4.69) is 36.9 Å². The maximum Gasteiger partial charge on any atom is 0.225 e. The third-order valence-corrected chi connectivity index (χ3v) is 5.29. The van der Waals surface area contributed by atoms with Crippen molar-refractivity contribution in [1.82, 2.24) is 4.90 Å². The number of fused-ring (bicyclic) bond motifs is 1. The second-order valence-electron chi connectivity index (χ2n) is 7.00. The van der Waals surface area contributed by atoms with E-state index < -0.39 is 0 Å². The minimum atomic E-state index is 0.341. The van der Waals surface area contributed by atoms with Gasteiger partial charge >= 0.3 is 0 Å². The van der Waals surface area contributed by atoms with Gasteiger partial charge in [-0.1, -0.05) is 0 Å². The summed E-state index contributed by atoms with van der Waals surface area (Å²) in [5.41, 5.74) is 3.58. The van der Waals surface area contributed by atoms with Crippen molar-refractivity contribution in [2.45, 2.75) is 45.4 Å². The standard InChI is InChI=1S/C19H23NO2/c1-12-9-16-11-18(22-17(16)10-13(12)2)14-5-7-20(8-6-14)19(21)15-3-4-15/h9-11,14-15H,3-8H2,1-2H3. The van der Waals surface area contributed by atoms with Gasteiger partial charge < -0.3 is 9.32 Å². The zero-order valence-electron chi connectivity index (χ0n) is 13.4. The highest BCUT2D eigenvalue weighted by Crippen LogP contribution is 2.36. The lowest BCUT2D eigenvalue weighted by Gasteiger charge is -2.31. The number of likely N-dealkylation sites (tertiary alicyclic amines) is 1. The SMILES string of the molecule is Cc1cc2cc(C3CCN(C(=O)C4CC4)CC3)oc2cc1C. The second-order valence-corrected chi connectivity index (χ2v) is 7.00. The van der Waals surface area contributed by atoms with Crippen molar-refractivity contribution in [3.05, 3.63) is 35.1 Å². The summed E-state index contributed by atoms with van der Waals surface area (Å²) < 4.78 is 6.10. The van der Waals surface area contributed by atoms with Crippen LogP contribution in [0.4, 0.5) is 0 Å². The molecule has 3 nitrogen and oxygen atoms in total. The van der Waals surface area contributed by atoms with Crippen molar-refractivity contribution < 1.29 is 9.21 Å². The number of piperidine rings is 1. The summed E-state index contributed by atoms with van der Waals surface area (Å²) in [7, 11) is 0. The topological polar surface area (TPSA) is 33.5 Å². The van der Waals surface area contributed by atoms with Gasteiger partial charge in [0.2, 0.25) is 5.91 Å². The predicted octanol–water partition coefficient (Wildman–Crippen LogP) is 4.17. The lowest BCUT2D eigenvalue weighted by Crippen LogP contribution is -2.38. The van der Waals surface area contributed by atoms with Crippen LogP contribution >= 0.6 is 0 Å². The average molecular weight is 297 g/mol. The number of amides is 1. The Labute approximate surface area is 131 Å². The van der Waals surface area contributed by atoms with Gasteiger partial charge in [0.15, 0.2) is 0 Å². The number of hydrogen-bond donors (Lipinski definition) is 0. The molecule has 2 fully saturated rings. The molecule has 1 aliphatic carbocycles. The molecule has 116 valence electrons. The maximum atomic E-state index is 12.1. The van der Waals surface area contributed by atoms with E-state index in [1.165, 1.54) is 16.5 Å². The van der Waals surface area contributed by atoms with Crippen molar-refractivity contribution in [2.24, 2.45) is 5.92 Å². The molecular formula is C19H23NO2. The summed E-state index contributed by atoms with van der Waals surface area (Å²) in [4.78, 5) is 14.2. The first kappa shape index (κ1) is 13.9. The summed E-state index contributed by atoms with van der Waals surface area (Å²) in [5, 5.41) is 1.20. The fourth-order valence-electron chi connectivity index (χ4n) is 3.50. The van der Waals surface area contributed by atoms with Gasteiger partial charge in [-0.2, -0.15) is 0 Å². The van der Waals surface area contributed by atoms with Gasteiger partial charge in [-0.15, -0.1) is 0 Å². The number of carbonyl (C=O) groups is 1. The van der Waals surface area contributed by atoms with E-state index in [-0.39, 0.29) is 0 Å². The molecule has 22 heavy (non-hydrogen) atoms. The molecule has 1 saturated heterocycles. The molecule has 3 heteroatoms. The Morgan fingerprint density at radius 3 is 2.41 bits per heavy atom. The van der Waals surface area contributed by atoms with Crippen LogP contribution in [-0.4, -0.2) is 23.9 Å². The van der Waals surface area contributed by atoms with Gasteiger partial charge in [0.05, 0.1) is 0 Å². The van der Waals surface area contributed by atoms with Crippen LogP contribution in [0.15, 0.2) is 22.6 Å². The molecule has 2 aliphatic rings. The van der Waals surface area contributed by atoms with Crippen molar-refractivity contribution in [1.29, 1.82) is 0 Å². The first-order valence-corrected chi connectivity index (χ1v) is 8.41. The molecule has 1 saturated carbocycles. The molecule has 2 heterocycles. The summed E-state index contributed by atoms with van der Waals surface area (Å²) in [6.45, 7) is 6.03. The lowest BCUT2D eigenvalue weighted by atomic mass is 9.94. The normalized spacial score (nSPS) is 19.8. The Bertz CT molecular complexity index is 679. The quantitative estimate of drug-likeness (QED) is 0.833. The molecule has 1 aromatic heterocycles. The van der Waals surface area contributed by atoms with Crippen LogP contribution in [0, 0.1) is 19.8 Å². The first-order chi connectivity index (χ1) is 10.6. The molecule has 0 N–H and O–H groups in total. The van der Waals surface area contributed by atoms with Crippen LogP contribution in [0.25, 0.3) is 11.0 Å². The van der Waals surface area contributed by atoms with Crippen molar-refractivity contribution in [3.63, 3.8) is 0 Å². The van der Waals surface area contributed by atoms with E-state index >= 15 is 0 Å². The predicted molar refractivity (Wildman–Crippen MR) is 87.0 cm³/mol. The molecule has 4 rings (SSSR count). The summed E-state index contributed by atoms with van der Waals surface area (Å²) >= 11 is 0. The zero-order valence-corrected chi connectivity index (χ0v) is 13.4. The first-order valence-electron chi connectivity index (χ1n) is 8.41. The third-order valence-electron chi connectivity index (χ3n) is 5.29. The van der Waals surface area contributed by atoms with Gasteiger partial charge in [0.1, 0.15) is 11.3 Å². The van der Waals surface area contributed by atoms with Crippen LogP contribution in [0.5, 0.6) is 0 Å². The van der Waals surface area contributed by atoms with E-state index in [0.29, 0.717) is 17.7 Å². The van der Waals surface area contributed by atoms with Crippen molar-refractivity contribution in [2.75, 3.05) is 13.1 Å². The molecule has 2 aromatic rings. The van der Waals surface area contributed by atoms with Crippen LogP contribution in [0.2, 0.25) is 0 Å². The Kier molecular flexibility index (Phi) is 3.24. The number of hydrogen-bond acceptors (Lipinski definition) is 2. The van der Waals surface area contributed by atoms with Crippen molar-refractivity contribution >= 4 is 16.9 Å². The summed E-state index contributed by atoms with van der Waals surface area (Å²) in [6.07, 6.45) is 4.24. The second kappa shape index (κ2) is 5.15. The summed E-state index contributed by atoms with van der Waals surface area (Å²) in [6, 6.07) is 6.55. The Hall–Kier alpha value is -1.77. The number of carbonyl (C=O) groups excluding carboxylic acids is 1. The van der Waals surface area contributed by atoms with Crippen molar-refractivity contribution in [3.8, 4) is 0 Å². The van der Waals surface area contributed by atoms with Gasteiger partial charge in [-0.25, -0.2) is 0 Å². The highest BCUT2D eigenvalue weighted by Gasteiger charge is 2.35. The van der Waals surface area contributed by atoms with Gasteiger partial charge in [0.25, 0.3) is 0 Å². The average Bonchev–Trinajstić information content (AvgIpc) is 3.29. The third kappa shape index (κ3) is 2.43. The molecule has 1 aliphatic heterocycles. The minimum absolute atomic E-state index is 0.341. The van der Waals surface area contributed by atoms with E-state index in [0.717, 1.165) is 50.1 Å². The highest BCUT2D eigenvalue weighted by molar-refractivity contribution is 5.81. The number of nitrogens with zero attached hydrogens (tertiary/aromatic N) is 1. The Balaban J connectivity index is 1.50. The monoisotopic (exact) mass is 297 g/mol. The van der Waals surface area contributed by atoms with Crippen LogP contribution < -0.4 is 0 Å². The Morgan fingerprint density at radius 1 is 1.05 bits per heavy atom. The molecule has 0 atom stereocenters. The minimum Gasteiger partial charge on any atom is -0.461 e. The van der Waals surface area contributed by atoms with E-state index in [4.69, 9.17) is 4.42 Å². The van der Waals surface area contributed by atoms with Gasteiger partial charge in [-0.3, -0.25) is 4.79 Å². The largest absolute Gasteiger partial charge is 0.461 e. The molecular weight excluding hydrogens is 274 g/mol. The molecule has 0 spiro atoms. The molecule has 1 aromatic carbocycles. The van der Waals surface area contributed by atoms with Crippen LogP contribution in [-0.2, 0) is 4.79 Å². The highest BCUT2D eigenvalue weighted by atomic mass is 16.3. The zero-order chi connectivity index (χ0) is 15.3. The number of aryl methyl sites for hydroxylation is 2. The summed E-state index contributed by atoms with van der Waals surface area (Å²) in [5.74, 6) is 2.28. The molecule has 0 unspecified atom stereocenters. The molecule has 1 amide bonds. The van der Waals surface area contributed by atoms with E-state index in [9.17, 15) is 4.79 Å². The lowest BCUT2D eigenvalue weighted by molar-refractivity contribution is -0.133. The van der Waals surface area contributed by atoms with E-state index in [1.54, 1.807) is 0 Å². The van der Waals surface area contributed by atoms with Crippen LogP contribution in [0.3, 0.4) is 0 Å². The Morgan fingerprint density at radius 2 is 1.73 bits per heavy atom. The van der Waals surface area contributed by atoms with Gasteiger partial charge in [-0.05, 0) is 68.9 Å². The number of rotatable bonds is 2. The van der Waals surface area contributed by atoms with E-state index in [1.807, 2.05) is 0 Å².